The van der Waals surface area contributed by atoms with Crippen LogP contribution < -0.4 is 5.32 Å². The third kappa shape index (κ3) is 4.32. The number of rotatable bonds is 6. The topological polar surface area (TPSA) is 52.6 Å². The first-order chi connectivity index (χ1) is 9.69. The molecule has 0 fully saturated rings. The molecule has 0 spiro atoms. The van der Waals surface area contributed by atoms with Gasteiger partial charge in [0.1, 0.15) is 0 Å². The maximum absolute atomic E-state index is 11.4. The summed E-state index contributed by atoms with van der Waals surface area (Å²) in [5.41, 5.74) is 2.76. The Morgan fingerprint density at radius 2 is 2.15 bits per heavy atom. The highest BCUT2D eigenvalue weighted by Gasteiger charge is 2.18. The van der Waals surface area contributed by atoms with Gasteiger partial charge < -0.3 is 10.4 Å². The Morgan fingerprint density at radius 3 is 2.90 bits per heavy atom. The highest BCUT2D eigenvalue weighted by molar-refractivity contribution is 5.75. The lowest BCUT2D eigenvalue weighted by Gasteiger charge is -2.30. The Bertz CT molecular complexity index is 448. The number of amides is 1. The van der Waals surface area contributed by atoms with Crippen LogP contribution in [0.2, 0.25) is 0 Å². The van der Waals surface area contributed by atoms with Gasteiger partial charge in [-0.25, -0.2) is 0 Å². The summed E-state index contributed by atoms with van der Waals surface area (Å²) < 4.78 is 0. The molecule has 0 unspecified atom stereocenters. The third-order valence-electron chi connectivity index (χ3n) is 3.69. The molecule has 0 saturated carbocycles. The zero-order valence-electron chi connectivity index (χ0n) is 12.1. The molecule has 20 heavy (non-hydrogen) atoms. The third-order valence-corrected chi connectivity index (χ3v) is 3.69. The zero-order chi connectivity index (χ0) is 14.4. The van der Waals surface area contributed by atoms with Gasteiger partial charge in [0.25, 0.3) is 0 Å². The van der Waals surface area contributed by atoms with Gasteiger partial charge in [0.2, 0.25) is 5.91 Å². The minimum atomic E-state index is -0.499. The van der Waals surface area contributed by atoms with Crippen LogP contribution in [0, 0.1) is 0 Å². The quantitative estimate of drug-likeness (QED) is 0.824. The summed E-state index contributed by atoms with van der Waals surface area (Å²) in [6.45, 7) is 4.78. The number of aliphatic hydroxyl groups is 1. The minimum Gasteiger partial charge on any atom is -0.390 e. The molecular formula is C16H24N2O2. The van der Waals surface area contributed by atoms with E-state index >= 15 is 0 Å². The molecule has 1 aromatic rings. The van der Waals surface area contributed by atoms with E-state index < -0.39 is 6.10 Å². The Labute approximate surface area is 120 Å². The number of aliphatic hydroxyl groups excluding tert-OH is 1. The van der Waals surface area contributed by atoms with Crippen LogP contribution in [0.5, 0.6) is 0 Å². The average molecular weight is 276 g/mol. The molecule has 2 rings (SSSR count). The second kappa shape index (κ2) is 7.41. The molecule has 4 heteroatoms. The van der Waals surface area contributed by atoms with Crippen LogP contribution in [0.1, 0.15) is 30.9 Å². The zero-order valence-corrected chi connectivity index (χ0v) is 12.1. The van der Waals surface area contributed by atoms with E-state index in [2.05, 4.69) is 34.5 Å². The van der Waals surface area contributed by atoms with E-state index in [4.69, 9.17) is 0 Å². The molecule has 1 atom stereocenters. The standard InChI is InChI=1S/C16H24N2O2/c1-2-5-16(20)17-10-15(19)12-18-9-8-13-6-3-4-7-14(13)11-18/h3-4,6-7,15,19H,2,5,8-12H2,1H3,(H,17,20)/t15-/m0/s1. The van der Waals surface area contributed by atoms with Crippen molar-refractivity contribution in [3.8, 4) is 0 Å². The van der Waals surface area contributed by atoms with Crippen molar-refractivity contribution in [3.63, 3.8) is 0 Å². The molecule has 1 aliphatic rings. The van der Waals surface area contributed by atoms with Crippen molar-refractivity contribution in [2.45, 2.75) is 38.8 Å². The second-order valence-electron chi connectivity index (χ2n) is 5.46. The van der Waals surface area contributed by atoms with Crippen molar-refractivity contribution in [2.75, 3.05) is 19.6 Å². The maximum Gasteiger partial charge on any atom is 0.220 e. The molecule has 1 aromatic carbocycles. The van der Waals surface area contributed by atoms with Crippen molar-refractivity contribution in [1.29, 1.82) is 0 Å². The van der Waals surface area contributed by atoms with Crippen molar-refractivity contribution < 1.29 is 9.90 Å². The SMILES string of the molecule is CCCC(=O)NC[C@H](O)CN1CCc2ccccc2C1. The van der Waals surface area contributed by atoms with Gasteiger partial charge in [-0.3, -0.25) is 9.69 Å². The van der Waals surface area contributed by atoms with Crippen LogP contribution in [0.3, 0.4) is 0 Å². The summed E-state index contributed by atoms with van der Waals surface area (Å²) in [5, 5.41) is 12.8. The number of nitrogens with one attached hydrogen (secondary N) is 1. The molecule has 0 saturated heterocycles. The molecular weight excluding hydrogens is 252 g/mol. The van der Waals surface area contributed by atoms with Crippen molar-refractivity contribution in [2.24, 2.45) is 0 Å². The Hall–Kier alpha value is -1.39. The van der Waals surface area contributed by atoms with Gasteiger partial charge in [-0.1, -0.05) is 31.2 Å². The lowest BCUT2D eigenvalue weighted by Crippen LogP contribution is -2.41. The van der Waals surface area contributed by atoms with E-state index in [-0.39, 0.29) is 5.91 Å². The molecule has 0 bridgehead atoms. The van der Waals surface area contributed by atoms with Crippen molar-refractivity contribution in [1.82, 2.24) is 10.2 Å². The number of benzene rings is 1. The Balaban J connectivity index is 1.76. The number of nitrogens with zero attached hydrogens (tertiary/aromatic N) is 1. The van der Waals surface area contributed by atoms with Crippen molar-refractivity contribution >= 4 is 5.91 Å². The fourth-order valence-electron chi connectivity index (χ4n) is 2.62. The van der Waals surface area contributed by atoms with Gasteiger partial charge in [0.15, 0.2) is 0 Å². The second-order valence-corrected chi connectivity index (χ2v) is 5.46. The van der Waals surface area contributed by atoms with Crippen LogP contribution >= 0.6 is 0 Å². The fourth-order valence-corrected chi connectivity index (χ4v) is 2.62. The molecule has 0 radical (unpaired) electrons. The number of fused-ring (bicyclic) bond motifs is 1. The average Bonchev–Trinajstić information content (AvgIpc) is 2.45. The predicted molar refractivity (Wildman–Crippen MR) is 79.3 cm³/mol. The molecule has 4 nitrogen and oxygen atoms in total. The minimum absolute atomic E-state index is 0.0236. The van der Waals surface area contributed by atoms with E-state index in [1.807, 2.05) is 6.92 Å². The van der Waals surface area contributed by atoms with Gasteiger partial charge in [0, 0.05) is 32.6 Å². The summed E-state index contributed by atoms with van der Waals surface area (Å²) in [6.07, 6.45) is 1.90. The van der Waals surface area contributed by atoms with E-state index in [1.165, 1.54) is 11.1 Å². The number of hydrogen-bond acceptors (Lipinski definition) is 3. The van der Waals surface area contributed by atoms with E-state index in [0.29, 0.717) is 19.5 Å². The summed E-state index contributed by atoms with van der Waals surface area (Å²) >= 11 is 0. The number of carbonyl (C=O) groups excluding carboxylic acids is 1. The fraction of sp³-hybridized carbons (Fsp3) is 0.562. The molecule has 1 heterocycles. The number of β-amino-alcohol motifs (C(OH)–C–C–N with tert-alkyl or cyclic N) is 1. The van der Waals surface area contributed by atoms with Crippen molar-refractivity contribution in [3.05, 3.63) is 35.4 Å². The van der Waals surface area contributed by atoms with Gasteiger partial charge in [-0.2, -0.15) is 0 Å². The van der Waals surface area contributed by atoms with Crippen LogP contribution in [0.15, 0.2) is 24.3 Å². The van der Waals surface area contributed by atoms with E-state index in [1.54, 1.807) is 0 Å². The first-order valence-electron chi connectivity index (χ1n) is 7.43. The first kappa shape index (κ1) is 15.0. The van der Waals surface area contributed by atoms with Gasteiger partial charge in [-0.15, -0.1) is 0 Å². The number of carbonyl (C=O) groups is 1. The molecule has 1 amide bonds. The number of hydrogen-bond donors (Lipinski definition) is 2. The van der Waals surface area contributed by atoms with Gasteiger partial charge in [0.05, 0.1) is 6.10 Å². The largest absolute Gasteiger partial charge is 0.390 e. The van der Waals surface area contributed by atoms with E-state index in [0.717, 1.165) is 25.9 Å². The monoisotopic (exact) mass is 276 g/mol. The summed E-state index contributed by atoms with van der Waals surface area (Å²) in [7, 11) is 0. The first-order valence-corrected chi connectivity index (χ1v) is 7.43. The molecule has 2 N–H and O–H groups in total. The highest BCUT2D eigenvalue weighted by atomic mass is 16.3. The van der Waals surface area contributed by atoms with Gasteiger partial charge in [-0.05, 0) is 24.0 Å². The molecule has 1 aliphatic heterocycles. The van der Waals surface area contributed by atoms with E-state index in [9.17, 15) is 9.90 Å². The molecule has 110 valence electrons. The lowest BCUT2D eigenvalue weighted by molar-refractivity contribution is -0.121. The smallest absolute Gasteiger partial charge is 0.220 e. The normalized spacial score (nSPS) is 16.5. The van der Waals surface area contributed by atoms with Crippen LogP contribution in [-0.2, 0) is 17.8 Å². The molecule has 0 aliphatic carbocycles. The summed E-state index contributed by atoms with van der Waals surface area (Å²) in [6, 6.07) is 8.46. The Kier molecular flexibility index (Phi) is 5.56. The van der Waals surface area contributed by atoms with Gasteiger partial charge >= 0.3 is 0 Å². The Morgan fingerprint density at radius 1 is 1.40 bits per heavy atom. The summed E-state index contributed by atoms with van der Waals surface area (Å²) in [4.78, 5) is 13.6. The van der Waals surface area contributed by atoms with Crippen LogP contribution in [0.25, 0.3) is 0 Å². The molecule has 0 aromatic heterocycles. The lowest BCUT2D eigenvalue weighted by atomic mass is 10.00. The predicted octanol–water partition coefficient (Wildman–Crippen LogP) is 1.32. The maximum atomic E-state index is 11.4. The van der Waals surface area contributed by atoms with Crippen LogP contribution in [-0.4, -0.2) is 41.7 Å². The summed E-state index contributed by atoms with van der Waals surface area (Å²) in [5.74, 6) is 0.0236. The highest BCUT2D eigenvalue weighted by Crippen LogP contribution is 2.18. The van der Waals surface area contributed by atoms with Crippen LogP contribution in [0.4, 0.5) is 0 Å².